The molecule has 6 aromatic carbocycles. The van der Waals surface area contributed by atoms with Crippen LogP contribution >= 0.6 is 69.6 Å². The Labute approximate surface area is 374 Å². The average Bonchev–Trinajstić information content (AvgIpc) is 3.69. The molecular formula is C46H28Cl6N6O2. The van der Waals surface area contributed by atoms with Crippen LogP contribution in [0.1, 0.15) is 32.7 Å². The van der Waals surface area contributed by atoms with Crippen molar-refractivity contribution in [2.75, 3.05) is 0 Å². The van der Waals surface area contributed by atoms with Gasteiger partial charge in [0.1, 0.15) is 0 Å². The Morgan fingerprint density at radius 2 is 1.05 bits per heavy atom. The predicted octanol–water partition coefficient (Wildman–Crippen LogP) is 12.8. The molecule has 0 aliphatic carbocycles. The van der Waals surface area contributed by atoms with E-state index in [1.807, 2.05) is 55.6 Å². The van der Waals surface area contributed by atoms with Gasteiger partial charge in [-0.15, -0.1) is 0 Å². The van der Waals surface area contributed by atoms with Crippen LogP contribution in [-0.4, -0.2) is 40.4 Å². The first-order chi connectivity index (χ1) is 28.9. The Morgan fingerprint density at radius 1 is 0.550 bits per heavy atom. The molecule has 296 valence electrons. The molecule has 1 N–H and O–H groups in total. The summed E-state index contributed by atoms with van der Waals surface area (Å²) in [6.07, 6.45) is 3.30. The number of aryl methyl sites for hydroxylation is 1. The molecule has 0 aliphatic heterocycles. The van der Waals surface area contributed by atoms with Crippen molar-refractivity contribution >= 4 is 97.2 Å². The first kappa shape index (κ1) is 41.3. The van der Waals surface area contributed by atoms with E-state index < -0.39 is 5.60 Å². The molecule has 0 fully saturated rings. The highest BCUT2D eigenvalue weighted by Crippen LogP contribution is 2.40. The summed E-state index contributed by atoms with van der Waals surface area (Å²) in [6.45, 7) is 0. The highest BCUT2D eigenvalue weighted by Gasteiger charge is 2.37. The van der Waals surface area contributed by atoms with Crippen molar-refractivity contribution in [3.8, 4) is 22.5 Å². The maximum Gasteiger partial charge on any atom is 0.223 e. The van der Waals surface area contributed by atoms with E-state index in [9.17, 15) is 9.90 Å². The second-order valence-electron chi connectivity index (χ2n) is 13.6. The first-order valence-electron chi connectivity index (χ1n) is 18.1. The maximum absolute atomic E-state index is 12.8. The zero-order valence-corrected chi connectivity index (χ0v) is 35.7. The normalized spacial score (nSPS) is 12.2. The number of carbonyl (C=O) groups excluding carboxylic acids is 1. The molecule has 0 aliphatic rings. The number of benzene rings is 6. The summed E-state index contributed by atoms with van der Waals surface area (Å²) >= 11 is 36.7. The lowest BCUT2D eigenvalue weighted by atomic mass is 9.83. The van der Waals surface area contributed by atoms with Crippen LogP contribution in [0.3, 0.4) is 0 Å². The van der Waals surface area contributed by atoms with Gasteiger partial charge in [-0.1, -0.05) is 88.9 Å². The molecule has 60 heavy (non-hydrogen) atoms. The maximum atomic E-state index is 12.8. The molecule has 14 heteroatoms. The first-order valence-corrected chi connectivity index (χ1v) is 20.4. The predicted molar refractivity (Wildman–Crippen MR) is 242 cm³/mol. The standard InChI is InChI=1S/C25H17Cl3N4O.C21H11Cl3N2O/c1-32-14-29-13-22(32)25(33,16-5-8-18(26)9-6-16)17-7-10-21-20(12-17)23(31-24(28)30-21)15-3-2-4-19(27)11-15;22-15-7-4-12(5-8-15)20(27)14-6-9-18-17(11-14)19(26-21(24)25-18)13-2-1-3-16(23)10-13/h2-14,33H,1H3;1-11H. The van der Waals surface area contributed by atoms with E-state index in [1.165, 1.54) is 0 Å². The van der Waals surface area contributed by atoms with Gasteiger partial charge in [-0.05, 0) is 125 Å². The smallest absolute Gasteiger partial charge is 0.223 e. The van der Waals surface area contributed by atoms with E-state index in [-0.39, 0.29) is 16.4 Å². The molecule has 8 nitrogen and oxygen atoms in total. The minimum Gasteiger partial charge on any atom is -0.374 e. The Bertz CT molecular complexity index is 3070. The van der Waals surface area contributed by atoms with Crippen LogP contribution in [0.2, 0.25) is 30.7 Å². The van der Waals surface area contributed by atoms with Gasteiger partial charge >= 0.3 is 0 Å². The number of hydrogen-bond acceptors (Lipinski definition) is 7. The number of carbonyl (C=O) groups is 1. The molecule has 0 saturated heterocycles. The number of halogens is 6. The van der Waals surface area contributed by atoms with E-state index in [0.29, 0.717) is 70.5 Å². The van der Waals surface area contributed by atoms with Crippen LogP contribution in [0.4, 0.5) is 0 Å². The van der Waals surface area contributed by atoms with Gasteiger partial charge in [0.05, 0.1) is 40.6 Å². The molecule has 1 atom stereocenters. The van der Waals surface area contributed by atoms with Gasteiger partial charge in [-0.25, -0.2) is 24.9 Å². The summed E-state index contributed by atoms with van der Waals surface area (Å²) in [4.78, 5) is 34.5. The molecule has 0 bridgehead atoms. The van der Waals surface area contributed by atoms with Crippen LogP contribution in [0, 0.1) is 0 Å². The summed E-state index contributed by atoms with van der Waals surface area (Å²) in [5.74, 6) is -0.111. The topological polar surface area (TPSA) is 107 Å². The molecular weight excluding hydrogens is 881 g/mol. The van der Waals surface area contributed by atoms with Gasteiger partial charge in [-0.2, -0.15) is 0 Å². The summed E-state index contributed by atoms with van der Waals surface area (Å²) < 4.78 is 1.79. The molecule has 9 rings (SSSR count). The molecule has 0 radical (unpaired) electrons. The molecule has 0 saturated carbocycles. The number of aliphatic hydroxyl groups is 1. The van der Waals surface area contributed by atoms with Gasteiger partial charge < -0.3 is 9.67 Å². The zero-order chi connectivity index (χ0) is 42.1. The lowest BCUT2D eigenvalue weighted by Gasteiger charge is -2.30. The Balaban J connectivity index is 0.000000170. The third-order valence-electron chi connectivity index (χ3n) is 9.77. The minimum atomic E-state index is -1.50. The van der Waals surface area contributed by atoms with E-state index in [1.54, 1.807) is 102 Å². The molecule has 9 aromatic rings. The van der Waals surface area contributed by atoms with Crippen LogP contribution < -0.4 is 0 Å². The monoisotopic (exact) mass is 906 g/mol. The lowest BCUT2D eigenvalue weighted by molar-refractivity contribution is 0.103. The highest BCUT2D eigenvalue weighted by atomic mass is 35.5. The van der Waals surface area contributed by atoms with Crippen molar-refractivity contribution in [1.82, 2.24) is 29.5 Å². The Kier molecular flexibility index (Phi) is 11.9. The second kappa shape index (κ2) is 17.3. The minimum absolute atomic E-state index is 0.111. The van der Waals surface area contributed by atoms with Gasteiger partial charge in [0, 0.05) is 60.2 Å². The fraction of sp³-hybridized carbons (Fsp3) is 0.0435. The van der Waals surface area contributed by atoms with Crippen molar-refractivity contribution in [1.29, 1.82) is 0 Å². The van der Waals surface area contributed by atoms with Gasteiger partial charge in [-0.3, -0.25) is 4.79 Å². The third-order valence-corrected chi connectivity index (χ3v) is 11.1. The van der Waals surface area contributed by atoms with E-state index in [0.717, 1.165) is 21.9 Å². The van der Waals surface area contributed by atoms with Crippen LogP contribution in [0.5, 0.6) is 0 Å². The van der Waals surface area contributed by atoms with Crippen LogP contribution in [0.15, 0.2) is 146 Å². The quantitative estimate of drug-likeness (QED) is 0.125. The SMILES string of the molecule is Cn1cncc1C(O)(c1ccc(Cl)cc1)c1ccc2nc(Cl)nc(-c3cccc(Cl)c3)c2c1.O=C(c1ccc(Cl)cc1)c1ccc2nc(Cl)nc(-c3cccc(Cl)c3)c2c1. The lowest BCUT2D eigenvalue weighted by Crippen LogP contribution is -2.31. The largest absolute Gasteiger partial charge is 0.374 e. The number of ketones is 1. The average molecular weight is 909 g/mol. The second-order valence-corrected chi connectivity index (χ2v) is 16.0. The van der Waals surface area contributed by atoms with Crippen molar-refractivity contribution in [3.05, 3.63) is 205 Å². The third kappa shape index (κ3) is 8.46. The van der Waals surface area contributed by atoms with Crippen molar-refractivity contribution in [2.45, 2.75) is 5.60 Å². The Hall–Kier alpha value is -5.42. The Morgan fingerprint density at radius 3 is 1.58 bits per heavy atom. The molecule has 1 unspecified atom stereocenters. The van der Waals surface area contributed by atoms with Crippen LogP contribution in [0.25, 0.3) is 44.3 Å². The van der Waals surface area contributed by atoms with Gasteiger partial charge in [0.15, 0.2) is 11.4 Å². The summed E-state index contributed by atoms with van der Waals surface area (Å²) in [5.41, 5.74) is 5.59. The molecule has 3 heterocycles. The fourth-order valence-electron chi connectivity index (χ4n) is 6.91. The van der Waals surface area contributed by atoms with E-state index >= 15 is 0 Å². The zero-order valence-electron chi connectivity index (χ0n) is 31.2. The van der Waals surface area contributed by atoms with E-state index in [2.05, 4.69) is 24.9 Å². The number of fused-ring (bicyclic) bond motifs is 2. The van der Waals surface area contributed by atoms with Gasteiger partial charge in [0.2, 0.25) is 10.6 Å². The fourth-order valence-corrected chi connectivity index (χ4v) is 7.89. The number of imidazole rings is 1. The highest BCUT2D eigenvalue weighted by molar-refractivity contribution is 6.32. The van der Waals surface area contributed by atoms with Crippen molar-refractivity contribution in [3.63, 3.8) is 0 Å². The number of hydrogen-bond donors (Lipinski definition) is 1. The van der Waals surface area contributed by atoms with E-state index in [4.69, 9.17) is 69.6 Å². The summed E-state index contributed by atoms with van der Waals surface area (Å²) in [7, 11) is 1.84. The van der Waals surface area contributed by atoms with Crippen molar-refractivity contribution < 1.29 is 9.90 Å². The van der Waals surface area contributed by atoms with Crippen LogP contribution in [-0.2, 0) is 12.6 Å². The number of nitrogens with zero attached hydrogens (tertiary/aromatic N) is 6. The van der Waals surface area contributed by atoms with Crippen molar-refractivity contribution in [2.24, 2.45) is 7.05 Å². The molecule has 0 amide bonds. The summed E-state index contributed by atoms with van der Waals surface area (Å²) in [5, 5.41) is 16.3. The number of aromatic nitrogens is 6. The molecule has 0 spiro atoms. The molecule has 3 aromatic heterocycles. The van der Waals surface area contributed by atoms with Gasteiger partial charge in [0.25, 0.3) is 0 Å². The summed E-state index contributed by atoms with van der Waals surface area (Å²) in [6, 6.07) is 39.4. The number of rotatable bonds is 7.